The van der Waals surface area contributed by atoms with E-state index in [1.54, 1.807) is 41.0 Å². The minimum absolute atomic E-state index is 0.0463. The number of likely N-dealkylation sites (tertiary alicyclic amines) is 2. The molecule has 2 saturated heterocycles. The van der Waals surface area contributed by atoms with Crippen LogP contribution >= 0.6 is 0 Å². The van der Waals surface area contributed by atoms with E-state index < -0.39 is 42.0 Å². The molecule has 0 saturated carbocycles. The summed E-state index contributed by atoms with van der Waals surface area (Å²) < 4.78 is 67.2. The molecule has 3 aromatic rings. The van der Waals surface area contributed by atoms with E-state index in [9.17, 15) is 36.3 Å². The van der Waals surface area contributed by atoms with Gasteiger partial charge in [-0.2, -0.15) is 22.8 Å². The summed E-state index contributed by atoms with van der Waals surface area (Å²) in [5.74, 6) is -6.36. The van der Waals surface area contributed by atoms with Gasteiger partial charge in [0.25, 0.3) is 11.8 Å². The smallest absolute Gasteiger partial charge is 0.476 e. The first-order chi connectivity index (χ1) is 23.5. The zero-order chi connectivity index (χ0) is 36.9. The Morgan fingerprint density at radius 1 is 1.08 bits per heavy atom. The van der Waals surface area contributed by atoms with Gasteiger partial charge in [0.15, 0.2) is 24.0 Å². The second-order valence-electron chi connectivity index (χ2n) is 11.6. The lowest BCUT2D eigenvalue weighted by atomic mass is 9.93. The number of rotatable bonds is 7. The SMILES string of the molecule is Cc1cc(NC(=O)c2ncc(-c3ccc(OCC#N)c(F)c3F)n2C)ccc1C(=O)N1CCC(C(=O)N2CC(N)C2)CC1.O=C(O)C(F)(F)F. The number of aromatic nitrogens is 2. The van der Waals surface area contributed by atoms with E-state index >= 15 is 0 Å². The van der Waals surface area contributed by atoms with Gasteiger partial charge in [-0.15, -0.1) is 0 Å². The number of imidazole rings is 1. The molecule has 50 heavy (non-hydrogen) atoms. The van der Waals surface area contributed by atoms with Gasteiger partial charge in [-0.3, -0.25) is 14.4 Å². The van der Waals surface area contributed by atoms with Crippen molar-refractivity contribution in [2.24, 2.45) is 18.7 Å². The standard InChI is InChI=1S/C30H31F2N7O4.C2HF3O2/c1-17-13-20(3-4-21(17)30(42)38-10-7-18(8-11-38)29(41)39-15-19(34)16-39)36-28(40)27-35-14-23(37(27)2)22-5-6-24(43-12-9-33)26(32)25(22)31;3-2(4,5)1(6)7/h3-6,13-14,18-19H,7-8,10-12,15-16,34H2,1-2H3,(H,36,40);(H,6,7). The van der Waals surface area contributed by atoms with Crippen molar-refractivity contribution in [3.63, 3.8) is 0 Å². The van der Waals surface area contributed by atoms with Gasteiger partial charge in [0, 0.05) is 62.0 Å². The normalized spacial score (nSPS) is 14.9. The fourth-order valence-corrected chi connectivity index (χ4v) is 5.44. The highest BCUT2D eigenvalue weighted by Crippen LogP contribution is 2.31. The Morgan fingerprint density at radius 3 is 2.28 bits per heavy atom. The van der Waals surface area contributed by atoms with Gasteiger partial charge in [0.1, 0.15) is 6.07 Å². The zero-order valence-electron chi connectivity index (χ0n) is 26.8. The van der Waals surface area contributed by atoms with Crippen LogP contribution in [0.25, 0.3) is 11.3 Å². The van der Waals surface area contributed by atoms with Crippen molar-refractivity contribution in [3.05, 3.63) is 65.1 Å². The monoisotopic (exact) mass is 705 g/mol. The molecule has 3 amide bonds. The van der Waals surface area contributed by atoms with Crippen LogP contribution in [-0.2, 0) is 16.6 Å². The average molecular weight is 706 g/mol. The molecule has 5 rings (SSSR count). The van der Waals surface area contributed by atoms with Crippen molar-refractivity contribution in [1.29, 1.82) is 5.26 Å². The third kappa shape index (κ3) is 8.34. The van der Waals surface area contributed by atoms with Crippen LogP contribution < -0.4 is 15.8 Å². The summed E-state index contributed by atoms with van der Waals surface area (Å²) in [6, 6.07) is 9.16. The molecule has 0 aliphatic carbocycles. The molecule has 0 unspecified atom stereocenters. The van der Waals surface area contributed by atoms with Crippen molar-refractivity contribution >= 4 is 29.4 Å². The number of nitrogens with zero attached hydrogens (tertiary/aromatic N) is 5. The Hall–Kier alpha value is -5.57. The Bertz CT molecular complexity index is 1830. The quantitative estimate of drug-likeness (QED) is 0.310. The number of carbonyl (C=O) groups is 4. The lowest BCUT2D eigenvalue weighted by molar-refractivity contribution is -0.192. The van der Waals surface area contributed by atoms with Gasteiger partial charge in [0.2, 0.25) is 11.7 Å². The third-order valence-electron chi connectivity index (χ3n) is 8.12. The fraction of sp³-hybridized carbons (Fsp3) is 0.375. The molecule has 4 N–H and O–H groups in total. The van der Waals surface area contributed by atoms with Gasteiger partial charge < -0.3 is 35.3 Å². The van der Waals surface area contributed by atoms with Gasteiger partial charge in [-0.1, -0.05) is 0 Å². The molecule has 0 bridgehead atoms. The minimum Gasteiger partial charge on any atom is -0.476 e. The Kier molecular flexibility index (Phi) is 11.4. The lowest BCUT2D eigenvalue weighted by Gasteiger charge is -2.41. The number of amides is 3. The maximum atomic E-state index is 14.8. The molecule has 2 aromatic carbocycles. The van der Waals surface area contributed by atoms with E-state index in [-0.39, 0.29) is 40.9 Å². The van der Waals surface area contributed by atoms with E-state index in [1.165, 1.54) is 29.9 Å². The Balaban J connectivity index is 0.000000727. The van der Waals surface area contributed by atoms with Crippen LogP contribution in [-0.4, -0.2) is 93.2 Å². The van der Waals surface area contributed by atoms with Crippen LogP contribution in [0.3, 0.4) is 0 Å². The van der Waals surface area contributed by atoms with Crippen molar-refractivity contribution in [2.75, 3.05) is 38.1 Å². The van der Waals surface area contributed by atoms with Crippen molar-refractivity contribution in [3.8, 4) is 23.1 Å². The predicted molar refractivity (Wildman–Crippen MR) is 166 cm³/mol. The lowest BCUT2D eigenvalue weighted by Crippen LogP contribution is -2.59. The molecule has 0 spiro atoms. The Labute approximate surface area is 282 Å². The molecular weight excluding hydrogens is 673 g/mol. The number of benzene rings is 2. The summed E-state index contributed by atoms with van der Waals surface area (Å²) in [5.41, 5.74) is 7.40. The third-order valence-corrected chi connectivity index (χ3v) is 8.12. The number of carboxylic acid groups (broad SMARTS) is 1. The summed E-state index contributed by atoms with van der Waals surface area (Å²) in [5, 5.41) is 18.5. The first-order valence-corrected chi connectivity index (χ1v) is 15.1. The summed E-state index contributed by atoms with van der Waals surface area (Å²) in [6.45, 7) is 3.48. The number of anilines is 1. The van der Waals surface area contributed by atoms with Crippen LogP contribution in [0.5, 0.6) is 5.75 Å². The topological polar surface area (TPSA) is 184 Å². The second kappa shape index (κ2) is 15.3. The van der Waals surface area contributed by atoms with Crippen molar-refractivity contribution < 1.29 is 51.0 Å². The number of alkyl halides is 3. The summed E-state index contributed by atoms with van der Waals surface area (Å²) in [6.07, 6.45) is -2.62. The molecule has 13 nitrogen and oxygen atoms in total. The van der Waals surface area contributed by atoms with Gasteiger partial charge in [-0.25, -0.2) is 14.2 Å². The van der Waals surface area contributed by atoms with Crippen LogP contribution in [0.1, 0.15) is 39.4 Å². The number of nitrogens with two attached hydrogens (primary N) is 1. The molecule has 1 aromatic heterocycles. The molecule has 2 fully saturated rings. The molecule has 0 atom stereocenters. The minimum atomic E-state index is -5.08. The highest BCUT2D eigenvalue weighted by atomic mass is 19.4. The zero-order valence-corrected chi connectivity index (χ0v) is 26.8. The van der Waals surface area contributed by atoms with Gasteiger partial charge in [-0.05, 0) is 55.7 Å². The van der Waals surface area contributed by atoms with Crippen molar-refractivity contribution in [1.82, 2.24) is 19.4 Å². The maximum Gasteiger partial charge on any atom is 0.490 e. The van der Waals surface area contributed by atoms with E-state index in [0.717, 1.165) is 0 Å². The number of carbonyl (C=O) groups excluding carboxylic acids is 3. The maximum absolute atomic E-state index is 14.8. The molecule has 0 radical (unpaired) electrons. The molecule has 2 aliphatic rings. The van der Waals surface area contributed by atoms with Gasteiger partial charge in [0.05, 0.1) is 11.9 Å². The second-order valence-corrected chi connectivity index (χ2v) is 11.6. The van der Waals surface area contributed by atoms with E-state index in [1.807, 2.05) is 0 Å². The Morgan fingerprint density at radius 2 is 1.72 bits per heavy atom. The number of aliphatic carboxylic acids is 1. The van der Waals surface area contributed by atoms with E-state index in [0.29, 0.717) is 55.8 Å². The van der Waals surface area contributed by atoms with Crippen LogP contribution in [0.2, 0.25) is 0 Å². The first-order valence-electron chi connectivity index (χ1n) is 15.1. The largest absolute Gasteiger partial charge is 0.490 e. The number of ether oxygens (including phenoxy) is 1. The number of nitriles is 1. The number of aryl methyl sites for hydroxylation is 1. The van der Waals surface area contributed by atoms with E-state index in [2.05, 4.69) is 10.3 Å². The molecule has 2 aliphatic heterocycles. The number of carboxylic acids is 1. The highest BCUT2D eigenvalue weighted by Gasteiger charge is 2.38. The van der Waals surface area contributed by atoms with Gasteiger partial charge >= 0.3 is 12.1 Å². The van der Waals surface area contributed by atoms with E-state index in [4.69, 9.17) is 25.6 Å². The number of hydrogen-bond acceptors (Lipinski definition) is 8. The number of halogens is 5. The van der Waals surface area contributed by atoms with Crippen LogP contribution in [0, 0.1) is 35.8 Å². The fourth-order valence-electron chi connectivity index (χ4n) is 5.44. The predicted octanol–water partition coefficient (Wildman–Crippen LogP) is 3.48. The summed E-state index contributed by atoms with van der Waals surface area (Å²) >= 11 is 0. The van der Waals surface area contributed by atoms with Crippen LogP contribution in [0.15, 0.2) is 36.5 Å². The summed E-state index contributed by atoms with van der Waals surface area (Å²) in [7, 11) is 1.50. The average Bonchev–Trinajstić information content (AvgIpc) is 3.44. The molecular formula is C32H32F5N7O6. The van der Waals surface area contributed by atoms with Crippen LogP contribution in [0.4, 0.5) is 27.6 Å². The molecule has 18 heteroatoms. The number of hydrogen-bond donors (Lipinski definition) is 3. The van der Waals surface area contributed by atoms with Crippen molar-refractivity contribution in [2.45, 2.75) is 32.0 Å². The highest BCUT2D eigenvalue weighted by molar-refractivity contribution is 6.03. The number of piperidine rings is 1. The number of nitrogens with one attached hydrogen (secondary N) is 1. The molecule has 3 heterocycles. The summed E-state index contributed by atoms with van der Waals surface area (Å²) in [4.78, 5) is 55.4. The first kappa shape index (κ1) is 37.3. The molecule has 266 valence electrons.